The largest absolute Gasteiger partial charge is 0.416 e. The van der Waals surface area contributed by atoms with Crippen LogP contribution in [0.25, 0.3) is 0 Å². The van der Waals surface area contributed by atoms with Crippen LogP contribution in [0.1, 0.15) is 25.7 Å². The van der Waals surface area contributed by atoms with Gasteiger partial charge in [0.15, 0.2) is 0 Å². The molecule has 0 atom stereocenters. The molecule has 20 heteroatoms. The standard InChI is InChI=1S/C36H80O16Si4/c1-37-17-21-45-29-25-41-13-9-33-53(5)49-54(6,34-10-14-42-26-30-46-22-18-38-2)51-56(8,36-12-16-44-28-32-48-24-20-40-4)52-55(7,50-53)35-11-15-43-27-31-47-23-19-39-3/h9-36H2,1-8H3. The molecule has 0 saturated carbocycles. The van der Waals surface area contributed by atoms with Crippen LogP contribution in [0.2, 0.25) is 50.4 Å². The highest BCUT2D eigenvalue weighted by atomic mass is 28.5. The zero-order chi connectivity index (χ0) is 41.1. The number of hydrogen-bond donors (Lipinski definition) is 0. The van der Waals surface area contributed by atoms with Crippen LogP contribution >= 0.6 is 0 Å². The van der Waals surface area contributed by atoms with E-state index in [0.717, 1.165) is 49.9 Å². The van der Waals surface area contributed by atoms with Crippen molar-refractivity contribution in [2.24, 2.45) is 0 Å². The highest BCUT2D eigenvalue weighted by molar-refractivity contribution is 6.93. The lowest BCUT2D eigenvalue weighted by atomic mass is 10.5. The molecule has 1 heterocycles. The molecule has 0 aromatic carbocycles. The van der Waals surface area contributed by atoms with Crippen LogP contribution in [0, 0.1) is 0 Å². The molecule has 0 aliphatic carbocycles. The Kier molecular flexibility index (Phi) is 33.8. The lowest BCUT2D eigenvalue weighted by Gasteiger charge is -2.50. The Bertz CT molecular complexity index is 743. The molecule has 16 nitrogen and oxygen atoms in total. The minimum absolute atomic E-state index is 0.526. The van der Waals surface area contributed by atoms with Crippen LogP contribution < -0.4 is 0 Å². The van der Waals surface area contributed by atoms with Gasteiger partial charge in [-0.2, -0.15) is 0 Å². The molecule has 1 fully saturated rings. The summed E-state index contributed by atoms with van der Waals surface area (Å²) in [6, 6.07) is 3.05. The van der Waals surface area contributed by atoms with Crippen LogP contribution in [0.15, 0.2) is 0 Å². The van der Waals surface area contributed by atoms with Crippen molar-refractivity contribution in [3.63, 3.8) is 0 Å². The lowest BCUT2D eigenvalue weighted by Crippen LogP contribution is -2.67. The van der Waals surface area contributed by atoms with E-state index >= 15 is 0 Å². The van der Waals surface area contributed by atoms with Crippen molar-refractivity contribution in [2.75, 3.05) is 161 Å². The third-order valence-corrected chi connectivity index (χ3v) is 27.5. The van der Waals surface area contributed by atoms with Crippen molar-refractivity contribution in [3.05, 3.63) is 0 Å². The van der Waals surface area contributed by atoms with Crippen molar-refractivity contribution in [3.8, 4) is 0 Å². The van der Waals surface area contributed by atoms with Gasteiger partial charge >= 0.3 is 34.2 Å². The van der Waals surface area contributed by atoms with Crippen LogP contribution in [0.3, 0.4) is 0 Å². The summed E-state index contributed by atoms with van der Waals surface area (Å²) in [5, 5.41) is 0. The van der Waals surface area contributed by atoms with Crippen LogP contribution in [0.4, 0.5) is 0 Å². The Hall–Kier alpha value is 0.228. The molecular formula is C36H80O16Si4. The summed E-state index contributed by atoms with van der Waals surface area (Å²) in [5.41, 5.74) is 0. The van der Waals surface area contributed by atoms with Gasteiger partial charge < -0.3 is 73.3 Å². The average molecular weight is 881 g/mol. The van der Waals surface area contributed by atoms with Crippen LogP contribution in [-0.4, -0.2) is 195 Å². The number of ether oxygens (including phenoxy) is 12. The van der Waals surface area contributed by atoms with Crippen molar-refractivity contribution >= 4 is 34.2 Å². The maximum Gasteiger partial charge on any atom is 0.317 e. The minimum Gasteiger partial charge on any atom is -0.416 e. The Labute approximate surface area is 343 Å². The second-order valence-corrected chi connectivity index (χ2v) is 28.6. The van der Waals surface area contributed by atoms with Gasteiger partial charge in [0.1, 0.15) is 0 Å². The van der Waals surface area contributed by atoms with Gasteiger partial charge in [-0.15, -0.1) is 0 Å². The predicted octanol–water partition coefficient (Wildman–Crippen LogP) is 4.63. The Morgan fingerprint density at radius 1 is 0.250 bits per heavy atom. The van der Waals surface area contributed by atoms with Gasteiger partial charge in [-0.1, -0.05) is 0 Å². The molecule has 1 saturated heterocycles. The fraction of sp³-hybridized carbons (Fsp3) is 1.00. The van der Waals surface area contributed by atoms with Crippen molar-refractivity contribution < 1.29 is 73.3 Å². The molecular weight excluding hydrogens is 801 g/mol. The van der Waals surface area contributed by atoms with Crippen molar-refractivity contribution in [2.45, 2.75) is 76.0 Å². The molecule has 0 N–H and O–H groups in total. The van der Waals surface area contributed by atoms with E-state index in [0.29, 0.717) is 132 Å². The zero-order valence-electron chi connectivity index (χ0n) is 36.3. The normalized spacial score (nSPS) is 24.4. The predicted molar refractivity (Wildman–Crippen MR) is 223 cm³/mol. The fourth-order valence-electron chi connectivity index (χ4n) is 6.16. The summed E-state index contributed by atoms with van der Waals surface area (Å²) in [7, 11) is -4.60. The van der Waals surface area contributed by atoms with Gasteiger partial charge in [-0.05, 0) is 76.0 Å². The van der Waals surface area contributed by atoms with Gasteiger partial charge in [-0.3, -0.25) is 0 Å². The first-order chi connectivity index (χ1) is 27.1. The molecule has 1 aliphatic rings. The molecule has 336 valence electrons. The number of methoxy groups -OCH3 is 4. The molecule has 56 heavy (non-hydrogen) atoms. The third kappa shape index (κ3) is 29.5. The van der Waals surface area contributed by atoms with E-state index in [2.05, 4.69) is 26.2 Å². The second kappa shape index (κ2) is 34.9. The van der Waals surface area contributed by atoms with E-state index < -0.39 is 34.2 Å². The quantitative estimate of drug-likeness (QED) is 0.0622. The smallest absolute Gasteiger partial charge is 0.317 e. The van der Waals surface area contributed by atoms with Gasteiger partial charge in [0, 0.05) is 54.9 Å². The first-order valence-electron chi connectivity index (χ1n) is 20.5. The highest BCUT2D eigenvalue weighted by Crippen LogP contribution is 2.38. The first kappa shape index (κ1) is 54.2. The van der Waals surface area contributed by atoms with Gasteiger partial charge in [0.2, 0.25) is 0 Å². The Morgan fingerprint density at radius 3 is 0.589 bits per heavy atom. The van der Waals surface area contributed by atoms with E-state index in [1.165, 1.54) is 0 Å². The Balaban J connectivity index is 3.03. The molecule has 0 aromatic heterocycles. The van der Waals surface area contributed by atoms with Gasteiger partial charge in [-0.25, -0.2) is 0 Å². The maximum atomic E-state index is 7.30. The number of rotatable bonds is 40. The van der Waals surface area contributed by atoms with E-state index in [1.807, 2.05) is 0 Å². The van der Waals surface area contributed by atoms with E-state index in [9.17, 15) is 0 Å². The van der Waals surface area contributed by atoms with Crippen molar-refractivity contribution in [1.29, 1.82) is 0 Å². The zero-order valence-corrected chi connectivity index (χ0v) is 40.3. The molecule has 0 radical (unpaired) electrons. The Morgan fingerprint density at radius 2 is 0.411 bits per heavy atom. The van der Waals surface area contributed by atoms with Crippen LogP contribution in [-0.2, 0) is 73.3 Å². The minimum atomic E-state index is -2.81. The monoisotopic (exact) mass is 880 g/mol. The molecule has 1 rings (SSSR count). The average Bonchev–Trinajstić information content (AvgIpc) is 3.14. The fourth-order valence-corrected chi connectivity index (χ4v) is 29.4. The van der Waals surface area contributed by atoms with Crippen LogP contribution in [0.5, 0.6) is 0 Å². The molecule has 1 aliphatic heterocycles. The summed E-state index contributed by atoms with van der Waals surface area (Å²) < 4.78 is 95.3. The molecule has 0 amide bonds. The van der Waals surface area contributed by atoms with Crippen molar-refractivity contribution in [1.82, 2.24) is 0 Å². The third-order valence-electron chi connectivity index (χ3n) is 8.62. The first-order valence-corrected chi connectivity index (χ1v) is 30.5. The van der Waals surface area contributed by atoms with E-state index in [4.69, 9.17) is 73.3 Å². The SMILES string of the molecule is COCCOCCOCCC[Si]1(C)O[Si](C)(CCCOCCOCCOC)O[Si](C)(CCCOCCOCCOC)O[Si](C)(CCCOCCOCCOC)O1. The summed E-state index contributed by atoms with van der Waals surface area (Å²) in [6.07, 6.45) is 3.20. The highest BCUT2D eigenvalue weighted by Gasteiger charge is 2.56. The topological polar surface area (TPSA) is 148 Å². The lowest BCUT2D eigenvalue weighted by molar-refractivity contribution is 0.0241. The van der Waals surface area contributed by atoms with E-state index in [1.54, 1.807) is 28.4 Å². The summed E-state index contributed by atoms with van der Waals surface area (Å²) in [4.78, 5) is 0. The van der Waals surface area contributed by atoms with Gasteiger partial charge in [0.25, 0.3) is 0 Å². The summed E-state index contributed by atoms with van der Waals surface area (Å²) in [6.45, 7) is 19.8. The van der Waals surface area contributed by atoms with E-state index in [-0.39, 0.29) is 0 Å². The van der Waals surface area contributed by atoms with Gasteiger partial charge in [0.05, 0.1) is 106 Å². The molecule has 0 unspecified atom stereocenters. The molecule has 0 spiro atoms. The summed E-state index contributed by atoms with van der Waals surface area (Å²) >= 11 is 0. The second-order valence-electron chi connectivity index (χ2n) is 14.2. The number of hydrogen-bond acceptors (Lipinski definition) is 16. The molecule has 0 bridgehead atoms. The summed E-state index contributed by atoms with van der Waals surface area (Å²) in [5.74, 6) is 0. The molecule has 0 aromatic rings. The maximum absolute atomic E-state index is 7.30.